The van der Waals surface area contributed by atoms with Crippen LogP contribution in [0.3, 0.4) is 0 Å². The number of hydrogen-bond donors (Lipinski definition) is 2. The van der Waals surface area contributed by atoms with Crippen molar-refractivity contribution in [1.82, 2.24) is 5.32 Å². The minimum absolute atomic E-state index is 0.187. The van der Waals surface area contributed by atoms with Crippen LogP contribution in [0.2, 0.25) is 0 Å². The maximum Gasteiger partial charge on any atom is 0.326 e. The Kier molecular flexibility index (Phi) is 6.61. The number of carbonyl (C=O) groups excluding carboxylic acids is 3. The third-order valence-electron chi connectivity index (χ3n) is 3.44. The zero-order valence-electron chi connectivity index (χ0n) is 14.4. The molecule has 2 amide bonds. The topological polar surface area (TPSA) is 108 Å². The van der Waals surface area contributed by atoms with Crippen LogP contribution in [0.5, 0.6) is 0 Å². The molecule has 0 fully saturated rings. The van der Waals surface area contributed by atoms with Crippen molar-refractivity contribution in [2.75, 3.05) is 11.9 Å². The summed E-state index contributed by atoms with van der Waals surface area (Å²) in [4.78, 5) is 35.7. The summed E-state index contributed by atoms with van der Waals surface area (Å²) in [6.45, 7) is 0.931. The Morgan fingerprint density at radius 1 is 1.19 bits per heavy atom. The van der Waals surface area contributed by atoms with E-state index in [2.05, 4.69) is 10.6 Å². The molecule has 8 heteroatoms. The van der Waals surface area contributed by atoms with Crippen LogP contribution in [0.15, 0.2) is 48.5 Å². The van der Waals surface area contributed by atoms with Crippen LogP contribution in [0.1, 0.15) is 22.8 Å². The van der Waals surface area contributed by atoms with E-state index >= 15 is 0 Å². The summed E-state index contributed by atoms with van der Waals surface area (Å²) in [5.74, 6) is -2.44. The molecule has 0 aliphatic rings. The fourth-order valence-corrected chi connectivity index (χ4v) is 2.06. The lowest BCUT2D eigenvalue weighted by molar-refractivity contribution is -0.152. The number of esters is 1. The molecule has 0 unspecified atom stereocenters. The predicted octanol–water partition coefficient (Wildman–Crippen LogP) is 2.00. The minimum Gasteiger partial charge on any atom is -0.451 e. The summed E-state index contributed by atoms with van der Waals surface area (Å²) in [5, 5.41) is 13.7. The van der Waals surface area contributed by atoms with Crippen molar-refractivity contribution in [3.63, 3.8) is 0 Å². The highest BCUT2D eigenvalue weighted by atomic mass is 19.1. The molecule has 0 saturated carbocycles. The average Bonchev–Trinajstić information content (AvgIpc) is 2.66. The molecule has 0 bridgehead atoms. The molecule has 2 rings (SSSR count). The second-order valence-electron chi connectivity index (χ2n) is 5.50. The summed E-state index contributed by atoms with van der Waals surface area (Å²) in [7, 11) is 0. The summed E-state index contributed by atoms with van der Waals surface area (Å²) >= 11 is 0. The number of nitrogens with zero attached hydrogens (tertiary/aromatic N) is 1. The molecule has 0 saturated heterocycles. The van der Waals surface area contributed by atoms with Gasteiger partial charge in [-0.15, -0.1) is 0 Å². The molecule has 0 spiro atoms. The van der Waals surface area contributed by atoms with Crippen LogP contribution < -0.4 is 10.6 Å². The van der Waals surface area contributed by atoms with Crippen molar-refractivity contribution in [3.8, 4) is 6.07 Å². The van der Waals surface area contributed by atoms with E-state index in [1.807, 2.05) is 6.07 Å². The summed E-state index contributed by atoms with van der Waals surface area (Å²) < 4.78 is 17.8. The SMILES string of the molecule is C[C@@H](OC(=O)CNC(=O)c1ccc(F)cc1)C(=O)Nc1cccc(C#N)c1. The fourth-order valence-electron chi connectivity index (χ4n) is 2.06. The van der Waals surface area contributed by atoms with Crippen molar-refractivity contribution in [1.29, 1.82) is 5.26 Å². The predicted molar refractivity (Wildman–Crippen MR) is 94.1 cm³/mol. The number of nitrogens with one attached hydrogen (secondary N) is 2. The minimum atomic E-state index is -1.11. The number of carbonyl (C=O) groups is 3. The molecule has 138 valence electrons. The summed E-state index contributed by atoms with van der Waals surface area (Å²) in [6, 6.07) is 13.0. The standard InChI is InChI=1S/C19H16FN3O4/c1-12(18(25)23-16-4-2-3-13(9-16)10-21)27-17(24)11-22-19(26)14-5-7-15(20)8-6-14/h2-9,12H,11H2,1H3,(H,22,26)(H,23,25)/t12-/m1/s1. The van der Waals surface area contributed by atoms with E-state index in [0.717, 1.165) is 12.1 Å². The van der Waals surface area contributed by atoms with Gasteiger partial charge in [0.15, 0.2) is 6.10 Å². The first-order chi connectivity index (χ1) is 12.9. The van der Waals surface area contributed by atoms with E-state index in [4.69, 9.17) is 10.00 Å². The van der Waals surface area contributed by atoms with E-state index in [9.17, 15) is 18.8 Å². The Bertz CT molecular complexity index is 891. The highest BCUT2D eigenvalue weighted by Crippen LogP contribution is 2.10. The van der Waals surface area contributed by atoms with Gasteiger partial charge >= 0.3 is 5.97 Å². The first-order valence-electron chi connectivity index (χ1n) is 7.93. The number of rotatable bonds is 6. The monoisotopic (exact) mass is 369 g/mol. The fraction of sp³-hybridized carbons (Fsp3) is 0.158. The second kappa shape index (κ2) is 9.10. The van der Waals surface area contributed by atoms with Gasteiger partial charge in [0, 0.05) is 11.3 Å². The van der Waals surface area contributed by atoms with Gasteiger partial charge in [-0.1, -0.05) is 6.07 Å². The van der Waals surface area contributed by atoms with Crippen molar-refractivity contribution in [2.45, 2.75) is 13.0 Å². The summed E-state index contributed by atoms with van der Waals surface area (Å²) in [6.07, 6.45) is -1.11. The summed E-state index contributed by atoms with van der Waals surface area (Å²) in [5.41, 5.74) is 0.958. The van der Waals surface area contributed by atoms with Crippen LogP contribution in [0.4, 0.5) is 10.1 Å². The van der Waals surface area contributed by atoms with Crippen LogP contribution in [-0.2, 0) is 14.3 Å². The Morgan fingerprint density at radius 2 is 1.89 bits per heavy atom. The van der Waals surface area contributed by atoms with Gasteiger partial charge in [-0.05, 0) is 49.4 Å². The molecular weight excluding hydrogens is 353 g/mol. The number of amides is 2. The number of nitriles is 1. The zero-order chi connectivity index (χ0) is 19.8. The Balaban J connectivity index is 1.82. The van der Waals surface area contributed by atoms with E-state index in [0.29, 0.717) is 11.3 Å². The Morgan fingerprint density at radius 3 is 2.56 bits per heavy atom. The molecule has 0 aliphatic carbocycles. The zero-order valence-corrected chi connectivity index (χ0v) is 14.4. The van der Waals surface area contributed by atoms with Gasteiger partial charge in [0.05, 0.1) is 11.6 Å². The smallest absolute Gasteiger partial charge is 0.326 e. The average molecular weight is 369 g/mol. The number of halogens is 1. The highest BCUT2D eigenvalue weighted by molar-refractivity contribution is 5.97. The molecule has 0 radical (unpaired) electrons. The van der Waals surface area contributed by atoms with Crippen molar-refractivity contribution < 1.29 is 23.5 Å². The van der Waals surface area contributed by atoms with Gasteiger partial charge < -0.3 is 15.4 Å². The lowest BCUT2D eigenvalue weighted by atomic mass is 10.2. The molecule has 2 aromatic carbocycles. The van der Waals surface area contributed by atoms with E-state index in [1.54, 1.807) is 18.2 Å². The first kappa shape index (κ1) is 19.6. The molecule has 0 aliphatic heterocycles. The lowest BCUT2D eigenvalue weighted by Gasteiger charge is -2.14. The molecule has 7 nitrogen and oxygen atoms in total. The van der Waals surface area contributed by atoms with Gasteiger partial charge in [0.1, 0.15) is 12.4 Å². The molecule has 2 N–H and O–H groups in total. The largest absolute Gasteiger partial charge is 0.451 e. The van der Waals surface area contributed by atoms with Gasteiger partial charge in [0.25, 0.3) is 11.8 Å². The molecule has 1 atom stereocenters. The van der Waals surface area contributed by atoms with Crippen LogP contribution in [0, 0.1) is 17.1 Å². The van der Waals surface area contributed by atoms with Gasteiger partial charge in [-0.3, -0.25) is 14.4 Å². The normalized spacial score (nSPS) is 11.0. The van der Waals surface area contributed by atoms with Gasteiger partial charge in [0.2, 0.25) is 0 Å². The van der Waals surface area contributed by atoms with Crippen molar-refractivity contribution in [3.05, 3.63) is 65.5 Å². The van der Waals surface area contributed by atoms with Crippen LogP contribution in [0.25, 0.3) is 0 Å². The molecular formula is C19H16FN3O4. The quantitative estimate of drug-likeness (QED) is 0.757. The highest BCUT2D eigenvalue weighted by Gasteiger charge is 2.18. The number of ether oxygens (including phenoxy) is 1. The maximum atomic E-state index is 12.8. The Labute approximate surface area is 154 Å². The number of benzene rings is 2. The molecule has 0 heterocycles. The maximum absolute atomic E-state index is 12.8. The van der Waals surface area contributed by atoms with Gasteiger partial charge in [-0.25, -0.2) is 4.39 Å². The third kappa shape index (κ3) is 5.93. The van der Waals surface area contributed by atoms with Crippen molar-refractivity contribution in [2.24, 2.45) is 0 Å². The third-order valence-corrected chi connectivity index (χ3v) is 3.44. The van der Waals surface area contributed by atoms with E-state index in [1.165, 1.54) is 25.1 Å². The van der Waals surface area contributed by atoms with Crippen LogP contribution >= 0.6 is 0 Å². The van der Waals surface area contributed by atoms with Gasteiger partial charge in [-0.2, -0.15) is 5.26 Å². The van der Waals surface area contributed by atoms with Crippen LogP contribution in [-0.4, -0.2) is 30.4 Å². The van der Waals surface area contributed by atoms with E-state index < -0.39 is 36.2 Å². The lowest BCUT2D eigenvalue weighted by Crippen LogP contribution is -2.35. The first-order valence-corrected chi connectivity index (χ1v) is 7.93. The van der Waals surface area contributed by atoms with Crippen molar-refractivity contribution >= 4 is 23.5 Å². The molecule has 27 heavy (non-hydrogen) atoms. The van der Waals surface area contributed by atoms with E-state index in [-0.39, 0.29) is 5.56 Å². The molecule has 2 aromatic rings. The molecule has 0 aromatic heterocycles. The Hall–Kier alpha value is -3.73. The number of hydrogen-bond acceptors (Lipinski definition) is 5. The second-order valence-corrected chi connectivity index (χ2v) is 5.50. The number of anilines is 1.